The van der Waals surface area contributed by atoms with Crippen molar-refractivity contribution in [3.63, 3.8) is 0 Å². The van der Waals surface area contributed by atoms with E-state index < -0.39 is 0 Å². The van der Waals surface area contributed by atoms with Crippen molar-refractivity contribution in [3.8, 4) is 5.75 Å². The first kappa shape index (κ1) is 32.5. The van der Waals surface area contributed by atoms with Crippen molar-refractivity contribution in [2.24, 2.45) is 5.92 Å². The summed E-state index contributed by atoms with van der Waals surface area (Å²) in [4.78, 5) is 42.5. The highest BCUT2D eigenvalue weighted by Gasteiger charge is 2.37. The van der Waals surface area contributed by atoms with Crippen molar-refractivity contribution >= 4 is 35.0 Å². The molecule has 12 heteroatoms. The standard InChI is InChI=1S/C34H51N9O3/c1-5-15-36-43-28(6-2)33(45)40(3)29-21-35-34(39-31(29)43)38-27-14-9-24(20-30(27)46-4)32(44)37-25-10-12-26(13-11-25)42-18-16-41(17-19-42)22-23-7-8-23/h9,14,20-21,23,25-26,28,36H,5-8,10-13,15-19,22H2,1-4H3,(H,37,44)(H,35,38,39). The van der Waals surface area contributed by atoms with Gasteiger partial charge >= 0.3 is 0 Å². The number of amides is 2. The molecule has 6 rings (SSSR count). The van der Waals surface area contributed by atoms with Crippen molar-refractivity contribution < 1.29 is 14.3 Å². The van der Waals surface area contributed by atoms with Crippen molar-refractivity contribution in [2.75, 3.05) is 68.7 Å². The summed E-state index contributed by atoms with van der Waals surface area (Å²) in [6.07, 6.45) is 10.3. The van der Waals surface area contributed by atoms with Gasteiger partial charge in [0.05, 0.1) is 19.0 Å². The molecule has 1 aromatic heterocycles. The van der Waals surface area contributed by atoms with Crippen LogP contribution in [0.3, 0.4) is 0 Å². The van der Waals surface area contributed by atoms with Crippen LogP contribution in [-0.2, 0) is 4.79 Å². The molecule has 2 aliphatic heterocycles. The van der Waals surface area contributed by atoms with Crippen LogP contribution >= 0.6 is 0 Å². The molecule has 3 heterocycles. The zero-order chi connectivity index (χ0) is 32.2. The lowest BCUT2D eigenvalue weighted by atomic mass is 9.89. The number of piperazine rings is 1. The highest BCUT2D eigenvalue weighted by atomic mass is 16.5. The molecular weight excluding hydrogens is 582 g/mol. The van der Waals surface area contributed by atoms with Crippen LogP contribution in [0.15, 0.2) is 24.4 Å². The van der Waals surface area contributed by atoms with Crippen molar-refractivity contribution in [3.05, 3.63) is 30.0 Å². The molecule has 0 bridgehead atoms. The van der Waals surface area contributed by atoms with Gasteiger partial charge in [0, 0.05) is 64.0 Å². The van der Waals surface area contributed by atoms with E-state index in [0.717, 1.165) is 44.6 Å². The Bertz CT molecular complexity index is 1370. The van der Waals surface area contributed by atoms with Crippen molar-refractivity contribution in [2.45, 2.75) is 83.3 Å². The maximum absolute atomic E-state index is 13.3. The molecule has 1 aromatic carbocycles. The molecule has 0 radical (unpaired) electrons. The molecule has 46 heavy (non-hydrogen) atoms. The van der Waals surface area contributed by atoms with E-state index in [1.165, 1.54) is 45.6 Å². The maximum Gasteiger partial charge on any atom is 0.251 e. The summed E-state index contributed by atoms with van der Waals surface area (Å²) in [5.74, 6) is 2.42. The average Bonchev–Trinajstić information content (AvgIpc) is 3.90. The second-order valence-corrected chi connectivity index (χ2v) is 13.3. The largest absolute Gasteiger partial charge is 0.495 e. The Kier molecular flexibility index (Phi) is 10.2. The van der Waals surface area contributed by atoms with Gasteiger partial charge in [-0.25, -0.2) is 10.4 Å². The summed E-state index contributed by atoms with van der Waals surface area (Å²) in [6.45, 7) is 10.8. The van der Waals surface area contributed by atoms with Gasteiger partial charge in [-0.1, -0.05) is 13.8 Å². The van der Waals surface area contributed by atoms with E-state index in [1.54, 1.807) is 37.4 Å². The zero-order valence-electron chi connectivity index (χ0n) is 27.9. The third-order valence-electron chi connectivity index (χ3n) is 10.1. The summed E-state index contributed by atoms with van der Waals surface area (Å²) < 4.78 is 5.68. The van der Waals surface area contributed by atoms with Crippen LogP contribution in [0.4, 0.5) is 23.1 Å². The number of hydrogen-bond acceptors (Lipinski definition) is 10. The number of methoxy groups -OCH3 is 1. The van der Waals surface area contributed by atoms with E-state index in [9.17, 15) is 9.59 Å². The fourth-order valence-electron chi connectivity index (χ4n) is 7.10. The first-order valence-corrected chi connectivity index (χ1v) is 17.3. The normalized spacial score (nSPS) is 24.1. The first-order chi connectivity index (χ1) is 22.4. The molecule has 2 aliphatic carbocycles. The molecule has 1 unspecified atom stereocenters. The molecule has 1 atom stereocenters. The minimum absolute atomic E-state index is 0.00365. The van der Waals surface area contributed by atoms with Crippen LogP contribution in [0.1, 0.15) is 75.6 Å². The molecule has 0 spiro atoms. The quantitative estimate of drug-likeness (QED) is 0.319. The fraction of sp³-hybridized carbons (Fsp3) is 0.647. The van der Waals surface area contributed by atoms with E-state index >= 15 is 0 Å². The number of rotatable bonds is 12. The van der Waals surface area contributed by atoms with E-state index in [2.05, 4.69) is 37.8 Å². The van der Waals surface area contributed by atoms with Gasteiger partial charge in [-0.15, -0.1) is 0 Å². The lowest BCUT2D eigenvalue weighted by Gasteiger charge is -2.42. The number of fused-ring (bicyclic) bond motifs is 1. The minimum atomic E-state index is -0.360. The van der Waals surface area contributed by atoms with Gasteiger partial charge < -0.3 is 25.2 Å². The topological polar surface area (TPSA) is 118 Å². The molecule has 4 aliphatic rings. The Morgan fingerprint density at radius 1 is 1.04 bits per heavy atom. The Morgan fingerprint density at radius 2 is 1.80 bits per heavy atom. The number of nitrogens with zero attached hydrogens (tertiary/aromatic N) is 6. The third-order valence-corrected chi connectivity index (χ3v) is 10.1. The number of nitrogens with one attached hydrogen (secondary N) is 3. The predicted molar refractivity (Wildman–Crippen MR) is 181 cm³/mol. The number of aromatic nitrogens is 2. The lowest BCUT2D eigenvalue weighted by molar-refractivity contribution is -0.120. The Labute approximate surface area is 273 Å². The van der Waals surface area contributed by atoms with Gasteiger partial charge in [0.15, 0.2) is 5.82 Å². The Balaban J connectivity index is 1.06. The number of carbonyl (C=O) groups is 2. The second kappa shape index (κ2) is 14.5. The van der Waals surface area contributed by atoms with Gasteiger partial charge in [0.1, 0.15) is 17.5 Å². The van der Waals surface area contributed by atoms with Crippen LogP contribution in [-0.4, -0.2) is 103 Å². The summed E-state index contributed by atoms with van der Waals surface area (Å²) in [5, 5.41) is 8.40. The number of benzene rings is 1. The number of ether oxygens (including phenoxy) is 1. The van der Waals surface area contributed by atoms with Crippen LogP contribution in [0.25, 0.3) is 0 Å². The SMILES string of the molecule is CCCNN1c2nc(Nc3ccc(C(=O)NC4CCC(N5CCN(CC6CC6)CC5)CC4)cc3OC)ncc2N(C)C(=O)C1CC. The highest BCUT2D eigenvalue weighted by Crippen LogP contribution is 2.35. The molecule has 12 nitrogen and oxygen atoms in total. The van der Waals surface area contributed by atoms with Crippen LogP contribution in [0.5, 0.6) is 5.75 Å². The van der Waals surface area contributed by atoms with Gasteiger partial charge in [-0.05, 0) is 75.5 Å². The maximum atomic E-state index is 13.3. The van der Waals surface area contributed by atoms with Crippen LogP contribution < -0.4 is 30.7 Å². The molecule has 250 valence electrons. The molecule has 1 saturated heterocycles. The Morgan fingerprint density at radius 3 is 2.48 bits per heavy atom. The molecule has 3 fully saturated rings. The summed E-state index contributed by atoms with van der Waals surface area (Å²) >= 11 is 0. The summed E-state index contributed by atoms with van der Waals surface area (Å²) in [7, 11) is 3.35. The zero-order valence-corrected chi connectivity index (χ0v) is 27.9. The first-order valence-electron chi connectivity index (χ1n) is 17.3. The third kappa shape index (κ3) is 7.24. The smallest absolute Gasteiger partial charge is 0.251 e. The van der Waals surface area contributed by atoms with Crippen molar-refractivity contribution in [1.29, 1.82) is 0 Å². The van der Waals surface area contributed by atoms with Gasteiger partial charge in [0.2, 0.25) is 5.95 Å². The molecule has 2 amide bonds. The predicted octanol–water partition coefficient (Wildman–Crippen LogP) is 3.77. The second-order valence-electron chi connectivity index (χ2n) is 13.3. The average molecular weight is 634 g/mol. The summed E-state index contributed by atoms with van der Waals surface area (Å²) in [6, 6.07) is 5.86. The molecule has 2 aromatic rings. The van der Waals surface area contributed by atoms with Crippen LogP contribution in [0, 0.1) is 5.92 Å². The van der Waals surface area contributed by atoms with E-state index in [0.29, 0.717) is 46.9 Å². The molecule has 2 saturated carbocycles. The van der Waals surface area contributed by atoms with E-state index in [1.807, 2.05) is 18.0 Å². The number of carbonyl (C=O) groups excluding carboxylic acids is 2. The number of likely N-dealkylation sites (N-methyl/N-ethyl adjacent to an activating group) is 1. The number of hydrazine groups is 1. The number of anilines is 4. The Hall–Kier alpha value is -3.48. The number of hydrogen-bond donors (Lipinski definition) is 3. The summed E-state index contributed by atoms with van der Waals surface area (Å²) in [5.41, 5.74) is 5.22. The van der Waals surface area contributed by atoms with Crippen molar-refractivity contribution in [1.82, 2.24) is 30.5 Å². The van der Waals surface area contributed by atoms with Gasteiger partial charge in [-0.2, -0.15) is 4.98 Å². The van der Waals surface area contributed by atoms with Gasteiger partial charge in [0.25, 0.3) is 11.8 Å². The molecular formula is C34H51N9O3. The van der Waals surface area contributed by atoms with E-state index in [-0.39, 0.29) is 23.9 Å². The lowest BCUT2D eigenvalue weighted by Crippen LogP contribution is -2.57. The monoisotopic (exact) mass is 633 g/mol. The fourth-order valence-corrected chi connectivity index (χ4v) is 7.10. The molecule has 3 N–H and O–H groups in total. The van der Waals surface area contributed by atoms with Crippen LogP contribution in [0.2, 0.25) is 0 Å². The van der Waals surface area contributed by atoms with Gasteiger partial charge in [-0.3, -0.25) is 19.5 Å². The van der Waals surface area contributed by atoms with E-state index in [4.69, 9.17) is 9.72 Å². The highest BCUT2D eigenvalue weighted by molar-refractivity contribution is 6.04. The minimum Gasteiger partial charge on any atom is -0.495 e.